The minimum atomic E-state index is -0.680. The van der Waals surface area contributed by atoms with Crippen LogP contribution in [0.1, 0.15) is 47.4 Å². The highest BCUT2D eigenvalue weighted by Crippen LogP contribution is 2.32. The molecule has 0 aliphatic carbocycles. The number of rotatable bonds is 7. The molecule has 1 N–H and O–H groups in total. The number of nitrogens with zero attached hydrogens (tertiary/aromatic N) is 2. The largest absolute Gasteiger partial charge is 0.454 e. The molecule has 0 spiro atoms. The lowest BCUT2D eigenvalue weighted by atomic mass is 9.87. The number of benzene rings is 2. The first-order valence-corrected chi connectivity index (χ1v) is 12.3. The number of likely N-dealkylation sites (N-methyl/N-ethyl adjacent to an activating group) is 1. The second-order valence-electron chi connectivity index (χ2n) is 8.67. The molecule has 2 aliphatic rings. The van der Waals surface area contributed by atoms with E-state index in [0.717, 1.165) is 0 Å². The summed E-state index contributed by atoms with van der Waals surface area (Å²) in [6, 6.07) is 11.1. The Morgan fingerprint density at radius 3 is 2.29 bits per heavy atom. The maximum absolute atomic E-state index is 13.4. The highest BCUT2D eigenvalue weighted by atomic mass is 35.5. The van der Waals surface area contributed by atoms with Gasteiger partial charge in [0.05, 0.1) is 0 Å². The number of likely N-dealkylation sites (tertiary alicyclic amines) is 1. The van der Waals surface area contributed by atoms with E-state index in [1.165, 1.54) is 0 Å². The molecular formula is C26H30ClN3O5. The van der Waals surface area contributed by atoms with E-state index < -0.39 is 6.04 Å². The van der Waals surface area contributed by atoms with Gasteiger partial charge in [-0.1, -0.05) is 11.6 Å². The van der Waals surface area contributed by atoms with Gasteiger partial charge in [-0.15, -0.1) is 0 Å². The Morgan fingerprint density at radius 2 is 1.63 bits per heavy atom. The maximum atomic E-state index is 13.4. The van der Waals surface area contributed by atoms with E-state index >= 15 is 0 Å². The van der Waals surface area contributed by atoms with Crippen LogP contribution >= 0.6 is 11.6 Å². The van der Waals surface area contributed by atoms with Crippen molar-refractivity contribution in [3.63, 3.8) is 0 Å². The maximum Gasteiger partial charge on any atom is 0.253 e. The summed E-state index contributed by atoms with van der Waals surface area (Å²) in [5.41, 5.74) is 0.988. The Bertz CT molecular complexity index is 1080. The van der Waals surface area contributed by atoms with Crippen LogP contribution in [0.2, 0.25) is 5.02 Å². The number of piperidine rings is 1. The number of fused-ring (bicyclic) bond motifs is 1. The van der Waals surface area contributed by atoms with Crippen molar-refractivity contribution in [2.45, 2.75) is 32.7 Å². The van der Waals surface area contributed by atoms with Crippen molar-refractivity contribution < 1.29 is 23.9 Å². The fourth-order valence-electron chi connectivity index (χ4n) is 4.59. The number of halogens is 1. The highest BCUT2D eigenvalue weighted by Gasteiger charge is 2.36. The topological polar surface area (TPSA) is 88.2 Å². The molecule has 0 saturated carbocycles. The molecule has 3 amide bonds. The Hall–Kier alpha value is -3.26. The van der Waals surface area contributed by atoms with Gasteiger partial charge in [0, 0.05) is 42.3 Å². The van der Waals surface area contributed by atoms with Gasteiger partial charge in [-0.2, -0.15) is 0 Å². The lowest BCUT2D eigenvalue weighted by Crippen LogP contribution is -2.54. The van der Waals surface area contributed by atoms with Crippen LogP contribution in [-0.4, -0.2) is 66.5 Å². The van der Waals surface area contributed by atoms with Gasteiger partial charge in [-0.25, -0.2) is 0 Å². The van der Waals surface area contributed by atoms with Crippen LogP contribution < -0.4 is 14.8 Å². The molecule has 1 saturated heterocycles. The molecule has 2 heterocycles. The molecule has 4 rings (SSSR count). The van der Waals surface area contributed by atoms with Crippen molar-refractivity contribution in [1.82, 2.24) is 15.1 Å². The van der Waals surface area contributed by atoms with Crippen LogP contribution in [0.25, 0.3) is 0 Å². The van der Waals surface area contributed by atoms with E-state index in [-0.39, 0.29) is 30.4 Å². The summed E-state index contributed by atoms with van der Waals surface area (Å²) in [5.74, 6) is 0.514. The third-order valence-electron chi connectivity index (χ3n) is 6.65. The Balaban J connectivity index is 1.47. The smallest absolute Gasteiger partial charge is 0.253 e. The summed E-state index contributed by atoms with van der Waals surface area (Å²) < 4.78 is 10.7. The van der Waals surface area contributed by atoms with Crippen LogP contribution in [0.4, 0.5) is 0 Å². The first kappa shape index (κ1) is 24.9. The van der Waals surface area contributed by atoms with Crippen LogP contribution in [0, 0.1) is 5.92 Å². The van der Waals surface area contributed by atoms with Crippen LogP contribution in [-0.2, 0) is 4.79 Å². The first-order chi connectivity index (χ1) is 16.9. The van der Waals surface area contributed by atoms with Gasteiger partial charge in [-0.05, 0) is 75.1 Å². The number of amides is 3. The summed E-state index contributed by atoms with van der Waals surface area (Å²) in [5, 5.41) is 3.56. The monoisotopic (exact) mass is 499 g/mol. The van der Waals surface area contributed by atoms with Gasteiger partial charge in [0.15, 0.2) is 11.5 Å². The van der Waals surface area contributed by atoms with Crippen molar-refractivity contribution in [2.75, 3.05) is 33.0 Å². The zero-order chi connectivity index (χ0) is 24.9. The summed E-state index contributed by atoms with van der Waals surface area (Å²) in [6.07, 6.45) is 1.22. The van der Waals surface area contributed by atoms with E-state index in [2.05, 4.69) is 5.32 Å². The Kier molecular flexibility index (Phi) is 7.80. The predicted molar refractivity (Wildman–Crippen MR) is 132 cm³/mol. The molecule has 186 valence electrons. The quantitative estimate of drug-likeness (QED) is 0.629. The molecule has 1 fully saturated rings. The molecule has 35 heavy (non-hydrogen) atoms. The second-order valence-corrected chi connectivity index (χ2v) is 9.10. The number of carbonyl (C=O) groups is 3. The summed E-state index contributed by atoms with van der Waals surface area (Å²) in [7, 11) is 0. The van der Waals surface area contributed by atoms with Gasteiger partial charge < -0.3 is 24.6 Å². The van der Waals surface area contributed by atoms with Gasteiger partial charge in [0.1, 0.15) is 6.04 Å². The van der Waals surface area contributed by atoms with Gasteiger partial charge in [-0.3, -0.25) is 14.4 Å². The lowest BCUT2D eigenvalue weighted by molar-refractivity contribution is -0.134. The van der Waals surface area contributed by atoms with Crippen molar-refractivity contribution in [2.24, 2.45) is 5.92 Å². The van der Waals surface area contributed by atoms with Crippen molar-refractivity contribution >= 4 is 29.3 Å². The zero-order valence-corrected chi connectivity index (χ0v) is 20.7. The van der Waals surface area contributed by atoms with E-state index in [0.29, 0.717) is 66.7 Å². The third kappa shape index (κ3) is 5.53. The summed E-state index contributed by atoms with van der Waals surface area (Å²) >= 11 is 5.94. The third-order valence-corrected chi connectivity index (χ3v) is 6.90. The molecule has 2 aliphatic heterocycles. The fourth-order valence-corrected chi connectivity index (χ4v) is 4.71. The average molecular weight is 500 g/mol. The minimum Gasteiger partial charge on any atom is -0.454 e. The lowest BCUT2D eigenvalue weighted by Gasteiger charge is -2.37. The number of hydrogen-bond acceptors (Lipinski definition) is 5. The number of hydrogen-bond donors (Lipinski definition) is 1. The highest BCUT2D eigenvalue weighted by molar-refractivity contribution is 6.30. The fraction of sp³-hybridized carbons (Fsp3) is 0.423. The Labute approximate surface area is 210 Å². The van der Waals surface area contributed by atoms with Crippen LogP contribution in [0.3, 0.4) is 0 Å². The molecule has 1 atom stereocenters. The standard InChI is InChI=1S/C26H30ClN3O5/c1-3-29(4-2)26(33)23(28-24(31)19-7-10-21-22(15-19)35-16-34-21)17-11-13-30(14-12-17)25(32)18-5-8-20(27)9-6-18/h5-10,15,17,23H,3-4,11-14,16H2,1-2H3,(H,28,31)/t23-/m0/s1. The summed E-state index contributed by atoms with van der Waals surface area (Å²) in [6.45, 7) is 6.09. The number of carbonyl (C=O) groups excluding carboxylic acids is 3. The van der Waals surface area contributed by atoms with Gasteiger partial charge in [0.25, 0.3) is 11.8 Å². The van der Waals surface area contributed by atoms with Crippen molar-refractivity contribution in [3.8, 4) is 11.5 Å². The van der Waals surface area contributed by atoms with Gasteiger partial charge in [0.2, 0.25) is 12.7 Å². The molecule has 0 radical (unpaired) electrons. The summed E-state index contributed by atoms with van der Waals surface area (Å²) in [4.78, 5) is 42.9. The zero-order valence-electron chi connectivity index (χ0n) is 20.0. The number of ether oxygens (including phenoxy) is 2. The van der Waals surface area contributed by atoms with Crippen molar-refractivity contribution in [3.05, 3.63) is 58.6 Å². The first-order valence-electron chi connectivity index (χ1n) is 11.9. The van der Waals surface area contributed by atoms with E-state index in [1.807, 2.05) is 13.8 Å². The van der Waals surface area contributed by atoms with Crippen LogP contribution in [0.5, 0.6) is 11.5 Å². The molecule has 2 aromatic rings. The van der Waals surface area contributed by atoms with E-state index in [9.17, 15) is 14.4 Å². The number of nitrogens with one attached hydrogen (secondary N) is 1. The molecule has 8 nitrogen and oxygen atoms in total. The minimum absolute atomic E-state index is 0.0591. The molecule has 0 aromatic heterocycles. The molecular weight excluding hydrogens is 470 g/mol. The average Bonchev–Trinajstić information content (AvgIpc) is 3.36. The van der Waals surface area contributed by atoms with Gasteiger partial charge >= 0.3 is 0 Å². The molecule has 2 aromatic carbocycles. The van der Waals surface area contributed by atoms with E-state index in [1.54, 1.807) is 52.3 Å². The van der Waals surface area contributed by atoms with Crippen molar-refractivity contribution in [1.29, 1.82) is 0 Å². The Morgan fingerprint density at radius 1 is 1.00 bits per heavy atom. The molecule has 0 unspecified atom stereocenters. The van der Waals surface area contributed by atoms with E-state index in [4.69, 9.17) is 21.1 Å². The SMILES string of the molecule is CCN(CC)C(=O)[C@@H](NC(=O)c1ccc2c(c1)OCO2)C1CCN(C(=O)c2ccc(Cl)cc2)CC1. The molecule has 9 heteroatoms. The second kappa shape index (κ2) is 11.0. The molecule has 0 bridgehead atoms. The predicted octanol–water partition coefficient (Wildman–Crippen LogP) is 3.59. The normalized spacial score (nSPS) is 16.0. The van der Waals surface area contributed by atoms with Crippen LogP contribution in [0.15, 0.2) is 42.5 Å².